The number of carbonyl (C=O) groups is 2. The highest BCUT2D eigenvalue weighted by Crippen LogP contribution is 2.25. The van der Waals surface area contributed by atoms with E-state index in [-0.39, 0.29) is 11.8 Å². The number of rotatable bonds is 3. The zero-order chi connectivity index (χ0) is 21.4. The maximum absolute atomic E-state index is 13.5. The molecule has 2 aromatic heterocycles. The van der Waals surface area contributed by atoms with E-state index in [9.17, 15) is 9.59 Å². The standard InChI is InChI=1S/C23H27N5O2/c1-16-7-8-17(2)21(14-16)28-22(15-19(24-28)20-6-5-9-25(20)4)23(30)27-12-10-26(11-13-27)18(3)29/h5-9,14-15H,10-13H2,1-4H3. The molecule has 1 aliphatic rings. The number of aryl methyl sites for hydroxylation is 3. The van der Waals surface area contributed by atoms with Crippen molar-refractivity contribution in [3.8, 4) is 17.1 Å². The third-order valence-corrected chi connectivity index (χ3v) is 5.74. The highest BCUT2D eigenvalue weighted by Gasteiger charge is 2.27. The second-order valence-corrected chi connectivity index (χ2v) is 7.92. The van der Waals surface area contributed by atoms with Crippen molar-refractivity contribution in [2.24, 2.45) is 7.05 Å². The molecule has 0 spiro atoms. The smallest absolute Gasteiger partial charge is 0.272 e. The van der Waals surface area contributed by atoms with Gasteiger partial charge in [0, 0.05) is 46.3 Å². The van der Waals surface area contributed by atoms with E-state index < -0.39 is 0 Å². The van der Waals surface area contributed by atoms with Crippen molar-refractivity contribution in [2.75, 3.05) is 26.2 Å². The van der Waals surface area contributed by atoms with E-state index in [0.717, 1.165) is 28.2 Å². The van der Waals surface area contributed by atoms with Crippen LogP contribution in [0.4, 0.5) is 0 Å². The number of nitrogens with zero attached hydrogens (tertiary/aromatic N) is 5. The molecule has 4 rings (SSSR count). The van der Waals surface area contributed by atoms with Gasteiger partial charge in [-0.1, -0.05) is 12.1 Å². The average Bonchev–Trinajstić information content (AvgIpc) is 3.35. The van der Waals surface area contributed by atoms with Crippen LogP contribution in [0.3, 0.4) is 0 Å². The number of carbonyl (C=O) groups excluding carboxylic acids is 2. The maximum atomic E-state index is 13.5. The highest BCUT2D eigenvalue weighted by molar-refractivity contribution is 5.94. The van der Waals surface area contributed by atoms with Crippen LogP contribution in [0.15, 0.2) is 42.6 Å². The molecule has 1 fully saturated rings. The fourth-order valence-corrected chi connectivity index (χ4v) is 3.90. The third-order valence-electron chi connectivity index (χ3n) is 5.74. The lowest BCUT2D eigenvalue weighted by Crippen LogP contribution is -2.50. The largest absolute Gasteiger partial charge is 0.349 e. The normalized spacial score (nSPS) is 14.3. The van der Waals surface area contributed by atoms with Gasteiger partial charge >= 0.3 is 0 Å². The van der Waals surface area contributed by atoms with Crippen LogP contribution >= 0.6 is 0 Å². The van der Waals surface area contributed by atoms with E-state index >= 15 is 0 Å². The Bertz CT molecular complexity index is 1100. The summed E-state index contributed by atoms with van der Waals surface area (Å²) in [5.74, 6) is -0.0133. The molecule has 3 heterocycles. The van der Waals surface area contributed by atoms with Gasteiger partial charge in [0.2, 0.25) is 5.91 Å². The summed E-state index contributed by atoms with van der Waals surface area (Å²) in [4.78, 5) is 28.7. The summed E-state index contributed by atoms with van der Waals surface area (Å²) in [5.41, 5.74) is 5.32. The molecule has 0 saturated carbocycles. The van der Waals surface area contributed by atoms with E-state index in [1.165, 1.54) is 0 Å². The van der Waals surface area contributed by atoms with Gasteiger partial charge in [-0.2, -0.15) is 5.10 Å². The first-order chi connectivity index (χ1) is 14.3. The van der Waals surface area contributed by atoms with E-state index in [1.807, 2.05) is 54.8 Å². The number of hydrogen-bond donors (Lipinski definition) is 0. The van der Waals surface area contributed by atoms with Crippen molar-refractivity contribution in [1.29, 1.82) is 0 Å². The van der Waals surface area contributed by atoms with Crippen LogP contribution in [-0.4, -0.2) is 62.1 Å². The molecule has 0 radical (unpaired) electrons. The van der Waals surface area contributed by atoms with Crippen LogP contribution in [-0.2, 0) is 11.8 Å². The Labute approximate surface area is 176 Å². The van der Waals surface area contributed by atoms with Crippen LogP contribution in [0.5, 0.6) is 0 Å². The minimum absolute atomic E-state index is 0.0496. The first kappa shape index (κ1) is 19.9. The molecule has 156 valence electrons. The second-order valence-electron chi connectivity index (χ2n) is 7.92. The number of benzene rings is 1. The molecule has 1 aromatic carbocycles. The van der Waals surface area contributed by atoms with Gasteiger partial charge < -0.3 is 14.4 Å². The molecule has 30 heavy (non-hydrogen) atoms. The summed E-state index contributed by atoms with van der Waals surface area (Å²) < 4.78 is 3.76. The molecule has 7 nitrogen and oxygen atoms in total. The molecule has 2 amide bonds. The molecular formula is C23H27N5O2. The summed E-state index contributed by atoms with van der Waals surface area (Å²) in [6.45, 7) is 7.79. The number of amides is 2. The number of hydrogen-bond acceptors (Lipinski definition) is 3. The lowest BCUT2D eigenvalue weighted by Gasteiger charge is -2.34. The number of piperazine rings is 1. The maximum Gasteiger partial charge on any atom is 0.272 e. The van der Waals surface area contributed by atoms with Crippen LogP contribution in [0.25, 0.3) is 17.1 Å². The predicted molar refractivity (Wildman–Crippen MR) is 116 cm³/mol. The molecule has 1 saturated heterocycles. The Morgan fingerprint density at radius 3 is 2.30 bits per heavy atom. The molecule has 0 aliphatic carbocycles. The first-order valence-electron chi connectivity index (χ1n) is 10.2. The van der Waals surface area contributed by atoms with E-state index in [4.69, 9.17) is 5.10 Å². The quantitative estimate of drug-likeness (QED) is 0.673. The van der Waals surface area contributed by atoms with Gasteiger partial charge in [-0.3, -0.25) is 9.59 Å². The topological polar surface area (TPSA) is 63.4 Å². The Balaban J connectivity index is 1.75. The third kappa shape index (κ3) is 3.63. The van der Waals surface area contributed by atoms with E-state index in [2.05, 4.69) is 18.2 Å². The molecule has 0 bridgehead atoms. The molecule has 3 aromatic rings. The van der Waals surface area contributed by atoms with Crippen LogP contribution in [0.1, 0.15) is 28.5 Å². The monoisotopic (exact) mass is 405 g/mol. The van der Waals surface area contributed by atoms with Gasteiger partial charge in [-0.15, -0.1) is 0 Å². The minimum atomic E-state index is -0.0629. The zero-order valence-corrected chi connectivity index (χ0v) is 17.9. The second kappa shape index (κ2) is 7.82. The van der Waals surface area contributed by atoms with Gasteiger partial charge in [0.05, 0.1) is 11.4 Å². The summed E-state index contributed by atoms with van der Waals surface area (Å²) in [6, 6.07) is 12.0. The van der Waals surface area contributed by atoms with Gasteiger partial charge in [-0.05, 0) is 49.2 Å². The predicted octanol–water partition coefficient (Wildman–Crippen LogP) is 2.80. The van der Waals surface area contributed by atoms with Crippen LogP contribution in [0, 0.1) is 13.8 Å². The van der Waals surface area contributed by atoms with Crippen molar-refractivity contribution >= 4 is 11.8 Å². The molecule has 7 heteroatoms. The van der Waals surface area contributed by atoms with Crippen LogP contribution in [0.2, 0.25) is 0 Å². The summed E-state index contributed by atoms with van der Waals surface area (Å²) >= 11 is 0. The summed E-state index contributed by atoms with van der Waals surface area (Å²) in [6.07, 6.45) is 1.97. The van der Waals surface area contributed by atoms with Crippen molar-refractivity contribution < 1.29 is 9.59 Å². The fraction of sp³-hybridized carbons (Fsp3) is 0.348. The average molecular weight is 406 g/mol. The van der Waals surface area contributed by atoms with Crippen molar-refractivity contribution in [3.63, 3.8) is 0 Å². The van der Waals surface area contributed by atoms with Crippen LogP contribution < -0.4 is 0 Å². The molecule has 0 atom stereocenters. The zero-order valence-electron chi connectivity index (χ0n) is 17.9. The molecule has 1 aliphatic heterocycles. The summed E-state index contributed by atoms with van der Waals surface area (Å²) in [7, 11) is 1.97. The lowest BCUT2D eigenvalue weighted by molar-refractivity contribution is -0.130. The highest BCUT2D eigenvalue weighted by atomic mass is 16.2. The SMILES string of the molecule is CC(=O)N1CCN(C(=O)c2cc(-c3cccn3C)nn2-c2cc(C)ccc2C)CC1. The minimum Gasteiger partial charge on any atom is -0.349 e. The van der Waals surface area contributed by atoms with E-state index in [0.29, 0.717) is 31.9 Å². The Morgan fingerprint density at radius 1 is 0.967 bits per heavy atom. The van der Waals surface area contributed by atoms with Gasteiger partial charge in [-0.25, -0.2) is 4.68 Å². The number of aromatic nitrogens is 3. The molecule has 0 unspecified atom stereocenters. The summed E-state index contributed by atoms with van der Waals surface area (Å²) in [5, 5.41) is 4.83. The van der Waals surface area contributed by atoms with Gasteiger partial charge in [0.15, 0.2) is 0 Å². The van der Waals surface area contributed by atoms with E-state index in [1.54, 1.807) is 16.5 Å². The fourth-order valence-electron chi connectivity index (χ4n) is 3.90. The van der Waals surface area contributed by atoms with Crippen molar-refractivity contribution in [2.45, 2.75) is 20.8 Å². The van der Waals surface area contributed by atoms with Crippen molar-refractivity contribution in [3.05, 3.63) is 59.4 Å². The lowest BCUT2D eigenvalue weighted by atomic mass is 10.1. The Kier molecular flexibility index (Phi) is 5.20. The first-order valence-corrected chi connectivity index (χ1v) is 10.2. The van der Waals surface area contributed by atoms with Crippen molar-refractivity contribution in [1.82, 2.24) is 24.1 Å². The Morgan fingerprint density at radius 2 is 1.67 bits per heavy atom. The van der Waals surface area contributed by atoms with Gasteiger partial charge in [0.1, 0.15) is 11.4 Å². The molecular weight excluding hydrogens is 378 g/mol. The Hall–Kier alpha value is -3.35. The van der Waals surface area contributed by atoms with Gasteiger partial charge in [0.25, 0.3) is 5.91 Å². The molecule has 0 N–H and O–H groups in total.